The summed E-state index contributed by atoms with van der Waals surface area (Å²) in [4.78, 5) is 24.6. The lowest BCUT2D eigenvalue weighted by atomic mass is 10.2. The lowest BCUT2D eigenvalue weighted by Crippen LogP contribution is -2.06. The predicted octanol–water partition coefficient (Wildman–Crippen LogP) is 3.13. The summed E-state index contributed by atoms with van der Waals surface area (Å²) >= 11 is 0. The molecule has 1 aromatic heterocycles. The first kappa shape index (κ1) is 17.1. The van der Waals surface area contributed by atoms with E-state index in [1.807, 2.05) is 0 Å². The molecule has 1 aromatic carbocycles. The van der Waals surface area contributed by atoms with Crippen LogP contribution in [0.15, 0.2) is 18.3 Å². The fourth-order valence-corrected chi connectivity index (χ4v) is 1.62. The maximum atomic E-state index is 13.5. The molecule has 1 heterocycles. The van der Waals surface area contributed by atoms with Gasteiger partial charge in [-0.2, -0.15) is 8.78 Å². The Hall–Kier alpha value is -3.24. The number of hydrogen-bond donors (Lipinski definition) is 0. The number of ether oxygens (including phenoxy) is 2. The summed E-state index contributed by atoms with van der Waals surface area (Å²) in [6, 6.07) is 0.610. The first-order chi connectivity index (χ1) is 11.3. The maximum Gasteiger partial charge on any atom is 0.339 e. The van der Waals surface area contributed by atoms with Crippen LogP contribution in [-0.2, 0) is 4.74 Å². The monoisotopic (exact) mass is 346 g/mol. The van der Waals surface area contributed by atoms with Crippen LogP contribution in [0.25, 0.3) is 0 Å². The van der Waals surface area contributed by atoms with Crippen molar-refractivity contribution in [1.82, 2.24) is 4.98 Å². The molecular weight excluding hydrogens is 340 g/mol. The lowest BCUT2D eigenvalue weighted by molar-refractivity contribution is -0.386. The van der Waals surface area contributed by atoms with Crippen molar-refractivity contribution in [2.75, 3.05) is 7.11 Å². The van der Waals surface area contributed by atoms with Gasteiger partial charge in [-0.3, -0.25) is 10.1 Å². The molecule has 0 atom stereocenters. The number of esters is 1. The summed E-state index contributed by atoms with van der Waals surface area (Å²) in [7, 11) is 1.01. The quantitative estimate of drug-likeness (QED) is 0.278. The second kappa shape index (κ2) is 6.48. The highest BCUT2D eigenvalue weighted by molar-refractivity contribution is 5.89. The highest BCUT2D eigenvalue weighted by Crippen LogP contribution is 2.34. The van der Waals surface area contributed by atoms with Gasteiger partial charge in [0.1, 0.15) is 0 Å². The van der Waals surface area contributed by atoms with E-state index >= 15 is 0 Å². The smallest absolute Gasteiger partial charge is 0.339 e. The van der Waals surface area contributed by atoms with Crippen LogP contribution >= 0.6 is 0 Å². The Labute approximate surface area is 130 Å². The molecule has 0 unspecified atom stereocenters. The number of benzene rings is 1. The van der Waals surface area contributed by atoms with E-state index in [9.17, 15) is 32.5 Å². The Morgan fingerprint density at radius 2 is 1.75 bits per heavy atom. The van der Waals surface area contributed by atoms with Gasteiger partial charge in [0.05, 0.1) is 17.6 Å². The van der Waals surface area contributed by atoms with Crippen LogP contribution in [0.3, 0.4) is 0 Å². The molecule has 0 saturated carbocycles. The van der Waals surface area contributed by atoms with Gasteiger partial charge in [-0.1, -0.05) is 0 Å². The van der Waals surface area contributed by atoms with Crippen molar-refractivity contribution in [3.05, 3.63) is 57.3 Å². The largest absolute Gasteiger partial charge is 0.465 e. The SMILES string of the molecule is COC(=O)c1cnc(Oc2c(F)c(F)cc(F)c2F)c([N+](=O)[O-])c1. The van der Waals surface area contributed by atoms with Gasteiger partial charge < -0.3 is 9.47 Å². The topological polar surface area (TPSA) is 91.6 Å². The van der Waals surface area contributed by atoms with Gasteiger partial charge in [-0.15, -0.1) is 0 Å². The number of hydrogen-bond acceptors (Lipinski definition) is 6. The first-order valence-electron chi connectivity index (χ1n) is 5.99. The third kappa shape index (κ3) is 3.09. The highest BCUT2D eigenvalue weighted by Gasteiger charge is 2.27. The van der Waals surface area contributed by atoms with Crippen LogP contribution < -0.4 is 4.74 Å². The fraction of sp³-hybridized carbons (Fsp3) is 0.0769. The first-order valence-corrected chi connectivity index (χ1v) is 5.99. The number of halogens is 4. The average Bonchev–Trinajstić information content (AvgIpc) is 2.56. The normalized spacial score (nSPS) is 10.4. The molecule has 2 rings (SSSR count). The van der Waals surface area contributed by atoms with E-state index < -0.39 is 51.5 Å². The maximum absolute atomic E-state index is 13.5. The molecule has 126 valence electrons. The molecule has 0 radical (unpaired) electrons. The summed E-state index contributed by atoms with van der Waals surface area (Å²) in [5.41, 5.74) is -1.32. The third-order valence-electron chi connectivity index (χ3n) is 2.72. The van der Waals surface area contributed by atoms with E-state index in [2.05, 4.69) is 14.5 Å². The molecule has 0 fully saturated rings. The van der Waals surface area contributed by atoms with Crippen molar-refractivity contribution in [2.24, 2.45) is 0 Å². The van der Waals surface area contributed by atoms with E-state index in [-0.39, 0.29) is 11.6 Å². The van der Waals surface area contributed by atoms with E-state index in [4.69, 9.17) is 0 Å². The lowest BCUT2D eigenvalue weighted by Gasteiger charge is -2.09. The summed E-state index contributed by atoms with van der Waals surface area (Å²) < 4.78 is 62.2. The number of methoxy groups -OCH3 is 1. The van der Waals surface area contributed by atoms with Crippen LogP contribution in [0.5, 0.6) is 11.6 Å². The van der Waals surface area contributed by atoms with Crippen molar-refractivity contribution < 1.29 is 36.8 Å². The van der Waals surface area contributed by atoms with Crippen molar-refractivity contribution >= 4 is 11.7 Å². The van der Waals surface area contributed by atoms with Crippen LogP contribution in [0.4, 0.5) is 23.2 Å². The summed E-state index contributed by atoms with van der Waals surface area (Å²) in [6.07, 6.45) is 0.764. The number of nitro groups is 1. The Kier molecular flexibility index (Phi) is 4.62. The Morgan fingerprint density at radius 1 is 1.17 bits per heavy atom. The fourth-order valence-electron chi connectivity index (χ4n) is 1.62. The standard InChI is InChI=1S/C13H6F4N2O5/c1-23-13(20)5-2-8(19(21)22)12(18-4-5)24-11-9(16)6(14)3-7(15)10(11)17/h2-4H,1H3. The van der Waals surface area contributed by atoms with Crippen LogP contribution in [-0.4, -0.2) is 23.0 Å². The molecule has 0 saturated heterocycles. The van der Waals surface area contributed by atoms with Gasteiger partial charge in [0.2, 0.25) is 17.4 Å². The minimum Gasteiger partial charge on any atom is -0.465 e. The second-order valence-corrected chi connectivity index (χ2v) is 4.20. The molecule has 24 heavy (non-hydrogen) atoms. The van der Waals surface area contributed by atoms with Crippen LogP contribution in [0.2, 0.25) is 0 Å². The van der Waals surface area contributed by atoms with Gasteiger partial charge in [-0.25, -0.2) is 18.6 Å². The van der Waals surface area contributed by atoms with Crippen LogP contribution in [0, 0.1) is 33.4 Å². The zero-order valence-electron chi connectivity index (χ0n) is 11.7. The van der Waals surface area contributed by atoms with E-state index in [1.165, 1.54) is 0 Å². The van der Waals surface area contributed by atoms with Gasteiger partial charge in [0.25, 0.3) is 5.88 Å². The zero-order valence-corrected chi connectivity index (χ0v) is 11.7. The molecule has 0 amide bonds. The van der Waals surface area contributed by atoms with Gasteiger partial charge in [0.15, 0.2) is 11.6 Å². The second-order valence-electron chi connectivity index (χ2n) is 4.20. The molecule has 11 heteroatoms. The Balaban J connectivity index is 2.55. The predicted molar refractivity (Wildman–Crippen MR) is 68.6 cm³/mol. The van der Waals surface area contributed by atoms with E-state index in [0.717, 1.165) is 13.3 Å². The minimum absolute atomic E-state index is 0.0558. The molecule has 0 spiro atoms. The molecule has 0 aliphatic carbocycles. The number of carbonyl (C=O) groups excluding carboxylic acids is 1. The number of nitrogens with zero attached hydrogens (tertiary/aromatic N) is 2. The highest BCUT2D eigenvalue weighted by atomic mass is 19.2. The number of aromatic nitrogens is 1. The van der Waals surface area contributed by atoms with Crippen LogP contribution in [0.1, 0.15) is 10.4 Å². The molecule has 0 N–H and O–H groups in total. The van der Waals surface area contributed by atoms with Crippen molar-refractivity contribution in [2.45, 2.75) is 0 Å². The van der Waals surface area contributed by atoms with E-state index in [1.54, 1.807) is 0 Å². The molecule has 0 bridgehead atoms. The van der Waals surface area contributed by atoms with Gasteiger partial charge >= 0.3 is 11.7 Å². The van der Waals surface area contributed by atoms with E-state index in [0.29, 0.717) is 6.07 Å². The number of pyridine rings is 1. The Morgan fingerprint density at radius 3 is 2.25 bits per heavy atom. The summed E-state index contributed by atoms with van der Waals surface area (Å²) in [5.74, 6) is -10.8. The summed E-state index contributed by atoms with van der Waals surface area (Å²) in [6.45, 7) is 0. The van der Waals surface area contributed by atoms with Gasteiger partial charge in [0, 0.05) is 18.3 Å². The molecule has 0 aliphatic heterocycles. The zero-order chi connectivity index (χ0) is 18.0. The third-order valence-corrected chi connectivity index (χ3v) is 2.72. The van der Waals surface area contributed by atoms with Crippen molar-refractivity contribution in [3.8, 4) is 11.6 Å². The molecular formula is C13H6F4N2O5. The number of carbonyl (C=O) groups is 1. The molecule has 2 aromatic rings. The molecule has 7 nitrogen and oxygen atoms in total. The minimum atomic E-state index is -1.90. The van der Waals surface area contributed by atoms with Crippen molar-refractivity contribution in [1.29, 1.82) is 0 Å². The number of rotatable bonds is 4. The Bertz CT molecular complexity index is 817. The summed E-state index contributed by atoms with van der Waals surface area (Å²) in [5, 5.41) is 11.0. The average molecular weight is 346 g/mol. The molecule has 0 aliphatic rings. The van der Waals surface area contributed by atoms with Gasteiger partial charge in [-0.05, 0) is 0 Å². The van der Waals surface area contributed by atoms with Crippen molar-refractivity contribution in [3.63, 3.8) is 0 Å².